The average molecular weight is 283 g/mol. The number of fused-ring (bicyclic) bond motifs is 1. The maximum Gasteiger partial charge on any atom is 0.0934 e. The number of H-pyrrole nitrogens is 1. The van der Waals surface area contributed by atoms with E-state index in [1.165, 1.54) is 20.6 Å². The van der Waals surface area contributed by atoms with E-state index in [1.807, 2.05) is 6.20 Å². The van der Waals surface area contributed by atoms with Gasteiger partial charge in [0.05, 0.1) is 9.47 Å². The minimum absolute atomic E-state index is 0.527. The van der Waals surface area contributed by atoms with E-state index in [-0.39, 0.29) is 0 Å². The molecule has 1 aliphatic rings. The monoisotopic (exact) mass is 282 g/mol. The minimum Gasteiger partial charge on any atom is -0.372 e. The fourth-order valence-corrected chi connectivity index (χ4v) is 3.96. The fraction of sp³-hybridized carbons (Fsp3) is 0.273. The number of hydrogen-bond donors (Lipinski definition) is 1. The Labute approximate surface area is 101 Å². The third-order valence-electron chi connectivity index (χ3n) is 2.99. The number of nitrogens with one attached hydrogen (secondary N) is 1. The van der Waals surface area contributed by atoms with Crippen LogP contribution in [0.5, 0.6) is 0 Å². The summed E-state index contributed by atoms with van der Waals surface area (Å²) in [7, 11) is 2.16. The lowest BCUT2D eigenvalue weighted by Gasteiger charge is -2.12. The molecule has 0 radical (unpaired) electrons. The Balaban J connectivity index is 2.09. The SMILES string of the molecule is CN1CC(c2cc[nH]c2)c2csc(Br)c21. The number of nitrogens with zero attached hydrogens (tertiary/aromatic N) is 1. The third-order valence-corrected chi connectivity index (χ3v) is 4.70. The first-order valence-electron chi connectivity index (χ1n) is 4.88. The number of hydrogen-bond acceptors (Lipinski definition) is 2. The van der Waals surface area contributed by atoms with Crippen molar-refractivity contribution < 1.29 is 0 Å². The fourth-order valence-electron chi connectivity index (χ4n) is 2.26. The minimum atomic E-state index is 0.527. The van der Waals surface area contributed by atoms with Gasteiger partial charge in [0.2, 0.25) is 0 Å². The number of thiophene rings is 1. The van der Waals surface area contributed by atoms with E-state index in [1.54, 1.807) is 11.3 Å². The van der Waals surface area contributed by atoms with Crippen molar-refractivity contribution >= 4 is 33.0 Å². The van der Waals surface area contributed by atoms with Crippen molar-refractivity contribution in [3.05, 3.63) is 38.8 Å². The van der Waals surface area contributed by atoms with Gasteiger partial charge in [-0.15, -0.1) is 11.3 Å². The van der Waals surface area contributed by atoms with Crippen LogP contribution in [-0.2, 0) is 0 Å². The highest BCUT2D eigenvalue weighted by molar-refractivity contribution is 9.11. The van der Waals surface area contributed by atoms with Crippen LogP contribution < -0.4 is 4.90 Å². The zero-order valence-corrected chi connectivity index (χ0v) is 10.7. The van der Waals surface area contributed by atoms with E-state index >= 15 is 0 Å². The number of likely N-dealkylation sites (N-methyl/N-ethyl adjacent to an activating group) is 1. The Morgan fingerprint density at radius 1 is 1.60 bits per heavy atom. The second-order valence-corrected chi connectivity index (χ2v) is 6.09. The van der Waals surface area contributed by atoms with E-state index in [9.17, 15) is 0 Å². The van der Waals surface area contributed by atoms with Crippen molar-refractivity contribution in [3.63, 3.8) is 0 Å². The molecule has 0 saturated heterocycles. The molecule has 0 amide bonds. The molecule has 3 heterocycles. The van der Waals surface area contributed by atoms with E-state index in [4.69, 9.17) is 0 Å². The standard InChI is InChI=1S/C11H11BrN2S/c1-14-5-8(7-2-3-13-4-7)9-6-15-11(12)10(9)14/h2-4,6,8,13H,5H2,1H3. The molecule has 4 heteroatoms. The highest BCUT2D eigenvalue weighted by Crippen LogP contribution is 2.46. The van der Waals surface area contributed by atoms with Crippen LogP contribution in [0.4, 0.5) is 5.69 Å². The molecule has 15 heavy (non-hydrogen) atoms. The Bertz CT molecular complexity index is 475. The number of halogens is 1. The lowest BCUT2D eigenvalue weighted by atomic mass is 9.98. The van der Waals surface area contributed by atoms with Crippen LogP contribution in [0.3, 0.4) is 0 Å². The normalized spacial score (nSPS) is 19.6. The summed E-state index contributed by atoms with van der Waals surface area (Å²) in [5.41, 5.74) is 4.20. The summed E-state index contributed by atoms with van der Waals surface area (Å²) in [6, 6.07) is 2.17. The molecule has 78 valence electrons. The Hall–Kier alpha value is -0.740. The molecule has 0 aliphatic carbocycles. The van der Waals surface area contributed by atoms with Gasteiger partial charge in [-0.05, 0) is 38.5 Å². The van der Waals surface area contributed by atoms with Gasteiger partial charge in [-0.3, -0.25) is 0 Å². The number of anilines is 1. The molecule has 0 spiro atoms. The molecular weight excluding hydrogens is 272 g/mol. The Morgan fingerprint density at radius 2 is 2.47 bits per heavy atom. The summed E-state index contributed by atoms with van der Waals surface area (Å²) in [5.74, 6) is 0.527. The van der Waals surface area contributed by atoms with Crippen molar-refractivity contribution in [1.82, 2.24) is 4.98 Å². The molecule has 0 saturated carbocycles. The van der Waals surface area contributed by atoms with Gasteiger partial charge in [-0.1, -0.05) is 0 Å². The van der Waals surface area contributed by atoms with E-state index in [0.717, 1.165) is 6.54 Å². The topological polar surface area (TPSA) is 19.0 Å². The predicted molar refractivity (Wildman–Crippen MR) is 67.9 cm³/mol. The lowest BCUT2D eigenvalue weighted by Crippen LogP contribution is -2.15. The maximum absolute atomic E-state index is 3.62. The maximum atomic E-state index is 3.62. The summed E-state index contributed by atoms with van der Waals surface area (Å²) in [6.45, 7) is 1.08. The first kappa shape index (κ1) is 9.48. The number of rotatable bonds is 1. The van der Waals surface area contributed by atoms with Crippen LogP contribution in [0, 0.1) is 0 Å². The molecule has 2 aromatic rings. The molecule has 1 aliphatic heterocycles. The largest absolute Gasteiger partial charge is 0.372 e. The third kappa shape index (κ3) is 1.35. The lowest BCUT2D eigenvalue weighted by molar-refractivity contribution is 0.839. The zero-order chi connectivity index (χ0) is 10.4. The second kappa shape index (κ2) is 3.39. The molecule has 2 nitrogen and oxygen atoms in total. The van der Waals surface area contributed by atoms with E-state index < -0.39 is 0 Å². The van der Waals surface area contributed by atoms with Crippen LogP contribution in [0.15, 0.2) is 27.6 Å². The van der Waals surface area contributed by atoms with E-state index in [2.05, 4.69) is 50.5 Å². The predicted octanol–water partition coefficient (Wildman–Crippen LogP) is 3.42. The summed E-state index contributed by atoms with van der Waals surface area (Å²) in [6.07, 6.45) is 4.09. The van der Waals surface area contributed by atoms with Crippen molar-refractivity contribution in [2.45, 2.75) is 5.92 Å². The van der Waals surface area contributed by atoms with Gasteiger partial charge in [0, 0.05) is 31.9 Å². The molecule has 1 atom stereocenters. The molecular formula is C11H11BrN2S. The van der Waals surface area contributed by atoms with Gasteiger partial charge in [-0.25, -0.2) is 0 Å². The highest BCUT2D eigenvalue weighted by Gasteiger charge is 2.30. The van der Waals surface area contributed by atoms with Crippen molar-refractivity contribution in [2.75, 3.05) is 18.5 Å². The number of aromatic nitrogens is 1. The van der Waals surface area contributed by atoms with Gasteiger partial charge >= 0.3 is 0 Å². The second-order valence-electron chi connectivity index (χ2n) is 3.89. The van der Waals surface area contributed by atoms with Crippen molar-refractivity contribution in [2.24, 2.45) is 0 Å². The molecule has 0 fully saturated rings. The quantitative estimate of drug-likeness (QED) is 0.849. The van der Waals surface area contributed by atoms with Crippen LogP contribution in [-0.4, -0.2) is 18.6 Å². The molecule has 0 bridgehead atoms. The first-order valence-corrected chi connectivity index (χ1v) is 6.55. The van der Waals surface area contributed by atoms with Crippen LogP contribution in [0.2, 0.25) is 0 Å². The van der Waals surface area contributed by atoms with Gasteiger partial charge in [0.25, 0.3) is 0 Å². The van der Waals surface area contributed by atoms with Crippen LogP contribution in [0.1, 0.15) is 17.0 Å². The zero-order valence-electron chi connectivity index (χ0n) is 8.33. The van der Waals surface area contributed by atoms with Gasteiger partial charge < -0.3 is 9.88 Å². The molecule has 1 N–H and O–H groups in total. The summed E-state index contributed by atoms with van der Waals surface area (Å²) in [4.78, 5) is 5.46. The highest BCUT2D eigenvalue weighted by atomic mass is 79.9. The van der Waals surface area contributed by atoms with Gasteiger partial charge in [0.15, 0.2) is 0 Å². The Kier molecular flexibility index (Phi) is 2.14. The molecule has 0 aromatic carbocycles. The van der Waals surface area contributed by atoms with Gasteiger partial charge in [0.1, 0.15) is 0 Å². The number of aromatic amines is 1. The first-order chi connectivity index (χ1) is 7.27. The summed E-state index contributed by atoms with van der Waals surface area (Å²) >= 11 is 5.39. The summed E-state index contributed by atoms with van der Waals surface area (Å²) < 4.78 is 1.25. The van der Waals surface area contributed by atoms with E-state index in [0.29, 0.717) is 5.92 Å². The van der Waals surface area contributed by atoms with Crippen molar-refractivity contribution in [1.29, 1.82) is 0 Å². The molecule has 3 rings (SSSR count). The summed E-state index contributed by atoms with van der Waals surface area (Å²) in [5, 5.41) is 2.26. The Morgan fingerprint density at radius 3 is 3.20 bits per heavy atom. The van der Waals surface area contributed by atoms with Crippen LogP contribution >= 0.6 is 27.3 Å². The van der Waals surface area contributed by atoms with Crippen molar-refractivity contribution in [3.8, 4) is 0 Å². The smallest absolute Gasteiger partial charge is 0.0934 e. The molecule has 2 aromatic heterocycles. The molecule has 1 unspecified atom stereocenters. The van der Waals surface area contributed by atoms with Gasteiger partial charge in [-0.2, -0.15) is 0 Å². The average Bonchev–Trinajstić information content (AvgIpc) is 2.86. The van der Waals surface area contributed by atoms with Crippen LogP contribution in [0.25, 0.3) is 0 Å².